The number of carbonyl (C=O) groups excluding carboxylic acids is 1. The minimum Gasteiger partial charge on any atom is -0.351 e. The maximum atomic E-state index is 12.6. The number of nitrogens with zero attached hydrogens (tertiary/aromatic N) is 5. The molecule has 0 atom stereocenters. The van der Waals surface area contributed by atoms with E-state index >= 15 is 0 Å². The molecule has 0 aliphatic carbocycles. The maximum Gasteiger partial charge on any atom is 0.293 e. The molecule has 0 bridgehead atoms. The Morgan fingerprint density at radius 3 is 2.72 bits per heavy atom. The predicted octanol–water partition coefficient (Wildman–Crippen LogP) is 2.59. The number of carbonyl (C=O) groups is 1. The fourth-order valence-corrected chi connectivity index (χ4v) is 3.84. The van der Waals surface area contributed by atoms with Crippen LogP contribution >= 0.6 is 0 Å². The molecule has 2 aromatic heterocycles. The smallest absolute Gasteiger partial charge is 0.293 e. The third-order valence-electron chi connectivity index (χ3n) is 5.14. The first-order chi connectivity index (χ1) is 12.1. The van der Waals surface area contributed by atoms with Gasteiger partial charge in [0.25, 0.3) is 5.91 Å². The normalized spacial score (nSPS) is 18.1. The average molecular weight is 343 g/mol. The molecule has 2 aliphatic heterocycles. The van der Waals surface area contributed by atoms with Crippen molar-refractivity contribution >= 4 is 5.91 Å². The first-order valence-corrected chi connectivity index (χ1v) is 9.15. The van der Waals surface area contributed by atoms with Gasteiger partial charge in [0, 0.05) is 24.2 Å². The van der Waals surface area contributed by atoms with Gasteiger partial charge in [-0.05, 0) is 39.8 Å². The number of hydrogen-bond donors (Lipinski definition) is 0. The standard InChI is InChI=1S/C18H25N5O2/c1-13(2)23-16-12-22(18(24)17-6-7-19-25-17)10-14(16)15(20-23)11-21-8-4-3-5-9-21/h6-7,13H,3-5,8-12H2,1-2H3. The second kappa shape index (κ2) is 6.63. The van der Waals surface area contributed by atoms with E-state index in [2.05, 4.69) is 28.6 Å². The van der Waals surface area contributed by atoms with Crippen molar-refractivity contribution in [1.82, 2.24) is 24.7 Å². The Labute approximate surface area is 147 Å². The molecule has 0 saturated carbocycles. The zero-order valence-electron chi connectivity index (χ0n) is 14.9. The second-order valence-corrected chi connectivity index (χ2v) is 7.28. The molecule has 0 radical (unpaired) electrons. The quantitative estimate of drug-likeness (QED) is 0.853. The molecule has 0 N–H and O–H groups in total. The van der Waals surface area contributed by atoms with Crippen LogP contribution in [0, 0.1) is 0 Å². The number of fused-ring (bicyclic) bond motifs is 1. The van der Waals surface area contributed by atoms with Crippen LogP contribution in [0.4, 0.5) is 0 Å². The summed E-state index contributed by atoms with van der Waals surface area (Å²) in [4.78, 5) is 16.9. The topological polar surface area (TPSA) is 67.4 Å². The lowest BCUT2D eigenvalue weighted by atomic mass is 10.1. The van der Waals surface area contributed by atoms with Gasteiger partial charge >= 0.3 is 0 Å². The fourth-order valence-electron chi connectivity index (χ4n) is 3.84. The second-order valence-electron chi connectivity index (χ2n) is 7.28. The lowest BCUT2D eigenvalue weighted by molar-refractivity contribution is 0.0704. The van der Waals surface area contributed by atoms with Gasteiger partial charge in [-0.2, -0.15) is 5.10 Å². The van der Waals surface area contributed by atoms with Crippen LogP contribution in [0.25, 0.3) is 0 Å². The van der Waals surface area contributed by atoms with Crippen molar-refractivity contribution in [3.8, 4) is 0 Å². The molecular weight excluding hydrogens is 318 g/mol. The predicted molar refractivity (Wildman–Crippen MR) is 91.8 cm³/mol. The minimum atomic E-state index is -0.104. The molecule has 1 fully saturated rings. The Hall–Kier alpha value is -2.15. The van der Waals surface area contributed by atoms with E-state index < -0.39 is 0 Å². The van der Waals surface area contributed by atoms with Crippen LogP contribution in [0.3, 0.4) is 0 Å². The third-order valence-corrected chi connectivity index (χ3v) is 5.14. The van der Waals surface area contributed by atoms with Gasteiger partial charge in [0.15, 0.2) is 0 Å². The Kier molecular flexibility index (Phi) is 4.33. The summed E-state index contributed by atoms with van der Waals surface area (Å²) in [5.41, 5.74) is 3.50. The first kappa shape index (κ1) is 16.3. The highest BCUT2D eigenvalue weighted by molar-refractivity contribution is 5.91. The van der Waals surface area contributed by atoms with Gasteiger partial charge in [-0.3, -0.25) is 14.4 Å². The fraction of sp³-hybridized carbons (Fsp3) is 0.611. The molecular formula is C18H25N5O2. The Bertz CT molecular complexity index is 744. The molecule has 4 heterocycles. The maximum absolute atomic E-state index is 12.6. The molecule has 134 valence electrons. The van der Waals surface area contributed by atoms with E-state index in [4.69, 9.17) is 9.62 Å². The molecule has 1 saturated heterocycles. The molecule has 7 heteroatoms. The molecule has 0 unspecified atom stereocenters. The highest BCUT2D eigenvalue weighted by Crippen LogP contribution is 2.30. The van der Waals surface area contributed by atoms with Gasteiger partial charge in [-0.25, -0.2) is 0 Å². The lowest BCUT2D eigenvalue weighted by Gasteiger charge is -2.26. The number of likely N-dealkylation sites (tertiary alicyclic amines) is 1. The summed E-state index contributed by atoms with van der Waals surface area (Å²) < 4.78 is 7.13. The minimum absolute atomic E-state index is 0.104. The van der Waals surface area contributed by atoms with E-state index in [0.717, 1.165) is 31.0 Å². The molecule has 25 heavy (non-hydrogen) atoms. The summed E-state index contributed by atoms with van der Waals surface area (Å²) in [6.45, 7) is 8.63. The highest BCUT2D eigenvalue weighted by atomic mass is 16.5. The first-order valence-electron chi connectivity index (χ1n) is 9.15. The van der Waals surface area contributed by atoms with Crippen LogP contribution in [-0.2, 0) is 19.6 Å². The molecule has 1 amide bonds. The van der Waals surface area contributed by atoms with Gasteiger partial charge in [0.1, 0.15) is 0 Å². The number of amides is 1. The van der Waals surface area contributed by atoms with Crippen molar-refractivity contribution in [2.24, 2.45) is 0 Å². The van der Waals surface area contributed by atoms with Crippen molar-refractivity contribution in [1.29, 1.82) is 0 Å². The Morgan fingerprint density at radius 2 is 2.04 bits per heavy atom. The molecule has 2 aromatic rings. The van der Waals surface area contributed by atoms with Crippen molar-refractivity contribution in [3.63, 3.8) is 0 Å². The summed E-state index contributed by atoms with van der Waals surface area (Å²) in [6, 6.07) is 1.90. The van der Waals surface area contributed by atoms with Crippen molar-refractivity contribution in [2.45, 2.75) is 58.8 Å². The van der Waals surface area contributed by atoms with Gasteiger partial charge < -0.3 is 9.42 Å². The van der Waals surface area contributed by atoms with E-state index in [0.29, 0.717) is 18.8 Å². The van der Waals surface area contributed by atoms with Gasteiger partial charge in [0.05, 0.1) is 30.7 Å². The molecule has 7 nitrogen and oxygen atoms in total. The van der Waals surface area contributed by atoms with Crippen LogP contribution in [0.5, 0.6) is 0 Å². The Balaban J connectivity index is 1.58. The zero-order valence-corrected chi connectivity index (χ0v) is 14.9. The zero-order chi connectivity index (χ0) is 17.4. The highest BCUT2D eigenvalue weighted by Gasteiger charge is 2.33. The van der Waals surface area contributed by atoms with Gasteiger partial charge in [-0.15, -0.1) is 0 Å². The van der Waals surface area contributed by atoms with Crippen molar-refractivity contribution in [2.75, 3.05) is 13.1 Å². The molecule has 2 aliphatic rings. The van der Waals surface area contributed by atoms with E-state index in [9.17, 15) is 4.79 Å². The monoisotopic (exact) mass is 343 g/mol. The lowest BCUT2D eigenvalue weighted by Crippen LogP contribution is -2.30. The Morgan fingerprint density at radius 1 is 1.24 bits per heavy atom. The summed E-state index contributed by atoms with van der Waals surface area (Å²) in [6.07, 6.45) is 5.37. The molecule has 0 spiro atoms. The van der Waals surface area contributed by atoms with Crippen LogP contribution in [-0.4, -0.2) is 43.7 Å². The molecule has 0 aromatic carbocycles. The largest absolute Gasteiger partial charge is 0.351 e. The average Bonchev–Trinajstić information content (AvgIpc) is 3.33. The third kappa shape index (κ3) is 3.08. The van der Waals surface area contributed by atoms with E-state index in [1.54, 1.807) is 6.07 Å². The van der Waals surface area contributed by atoms with Crippen molar-refractivity contribution in [3.05, 3.63) is 35.0 Å². The summed E-state index contributed by atoms with van der Waals surface area (Å²) in [7, 11) is 0. The van der Waals surface area contributed by atoms with Crippen LogP contribution < -0.4 is 0 Å². The number of aromatic nitrogens is 3. The van der Waals surface area contributed by atoms with E-state index in [-0.39, 0.29) is 11.9 Å². The molecule has 4 rings (SSSR count). The SMILES string of the molecule is CC(C)n1nc(CN2CCCCC2)c2c1CN(C(=O)c1ccno1)C2. The summed E-state index contributed by atoms with van der Waals surface area (Å²) in [5.74, 6) is 0.194. The van der Waals surface area contributed by atoms with Crippen LogP contribution in [0.2, 0.25) is 0 Å². The van der Waals surface area contributed by atoms with Crippen LogP contribution in [0.1, 0.15) is 66.7 Å². The van der Waals surface area contributed by atoms with Crippen LogP contribution in [0.15, 0.2) is 16.8 Å². The summed E-state index contributed by atoms with van der Waals surface area (Å²) >= 11 is 0. The van der Waals surface area contributed by atoms with E-state index in [1.165, 1.54) is 31.0 Å². The number of rotatable bonds is 4. The van der Waals surface area contributed by atoms with Gasteiger partial charge in [-0.1, -0.05) is 11.6 Å². The van der Waals surface area contributed by atoms with E-state index in [1.807, 2.05) is 4.90 Å². The number of hydrogen-bond acceptors (Lipinski definition) is 5. The summed E-state index contributed by atoms with van der Waals surface area (Å²) in [5, 5.41) is 8.53. The van der Waals surface area contributed by atoms with Gasteiger partial charge in [0.2, 0.25) is 5.76 Å². The van der Waals surface area contributed by atoms with Crippen molar-refractivity contribution < 1.29 is 9.32 Å². The number of piperidine rings is 1.